The molecule has 0 aliphatic rings. The maximum absolute atomic E-state index is 5.78. The van der Waals surface area contributed by atoms with E-state index in [1.165, 1.54) is 5.56 Å². The topological polar surface area (TPSA) is 38.9 Å². The molecule has 0 spiro atoms. The first kappa shape index (κ1) is 11.6. The fourth-order valence-electron chi connectivity index (χ4n) is 1.47. The van der Waals surface area contributed by atoms with Gasteiger partial charge in [-0.05, 0) is 44.3 Å². The van der Waals surface area contributed by atoms with Crippen molar-refractivity contribution in [1.82, 2.24) is 4.98 Å². The monoisotopic (exact) mass is 340 g/mol. The van der Waals surface area contributed by atoms with Crippen LogP contribution in [-0.4, -0.2) is 4.98 Å². The van der Waals surface area contributed by atoms with Crippen LogP contribution in [0.3, 0.4) is 0 Å². The van der Waals surface area contributed by atoms with Gasteiger partial charge in [0.1, 0.15) is 5.82 Å². The molecular formula is C12H10Br2N2. The Balaban J connectivity index is 2.63. The Kier molecular flexibility index (Phi) is 3.30. The number of pyridine rings is 1. The van der Waals surface area contributed by atoms with Crippen molar-refractivity contribution in [2.45, 2.75) is 6.92 Å². The van der Waals surface area contributed by atoms with Crippen molar-refractivity contribution in [3.8, 4) is 11.1 Å². The highest BCUT2D eigenvalue weighted by atomic mass is 79.9. The van der Waals surface area contributed by atoms with Crippen molar-refractivity contribution in [1.29, 1.82) is 0 Å². The number of halogens is 2. The van der Waals surface area contributed by atoms with Crippen molar-refractivity contribution in [2.24, 2.45) is 0 Å². The molecule has 2 N–H and O–H groups in total. The van der Waals surface area contributed by atoms with Crippen LogP contribution in [0.2, 0.25) is 0 Å². The number of aryl methyl sites for hydroxylation is 1. The van der Waals surface area contributed by atoms with Gasteiger partial charge in [-0.1, -0.05) is 29.8 Å². The van der Waals surface area contributed by atoms with E-state index in [9.17, 15) is 0 Å². The Labute approximate surface area is 111 Å². The Hall–Kier alpha value is -0.870. The van der Waals surface area contributed by atoms with Crippen molar-refractivity contribution in [3.63, 3.8) is 0 Å². The molecule has 0 saturated heterocycles. The molecule has 0 radical (unpaired) electrons. The third-order valence-electron chi connectivity index (χ3n) is 2.34. The zero-order chi connectivity index (χ0) is 11.7. The summed E-state index contributed by atoms with van der Waals surface area (Å²) in [4.78, 5) is 4.07. The predicted molar refractivity (Wildman–Crippen MR) is 74.2 cm³/mol. The van der Waals surface area contributed by atoms with Crippen LogP contribution in [0.15, 0.2) is 39.4 Å². The maximum Gasteiger partial charge on any atom is 0.138 e. The van der Waals surface area contributed by atoms with Crippen molar-refractivity contribution >= 4 is 37.7 Å². The number of anilines is 1. The number of benzene rings is 1. The first-order valence-electron chi connectivity index (χ1n) is 4.76. The van der Waals surface area contributed by atoms with E-state index in [4.69, 9.17) is 5.73 Å². The summed E-state index contributed by atoms with van der Waals surface area (Å²) >= 11 is 6.96. The van der Waals surface area contributed by atoms with E-state index in [0.717, 1.165) is 20.1 Å². The molecule has 0 aliphatic carbocycles. The first-order valence-corrected chi connectivity index (χ1v) is 6.34. The summed E-state index contributed by atoms with van der Waals surface area (Å²) in [6.07, 6.45) is 1.72. The van der Waals surface area contributed by atoms with E-state index in [1.807, 2.05) is 0 Å². The predicted octanol–water partition coefficient (Wildman–Crippen LogP) is 4.16. The van der Waals surface area contributed by atoms with Gasteiger partial charge in [0, 0.05) is 16.2 Å². The molecule has 1 aromatic heterocycles. The number of nitrogens with two attached hydrogens (primary N) is 1. The van der Waals surface area contributed by atoms with Crippen LogP contribution in [0, 0.1) is 6.92 Å². The fourth-order valence-corrected chi connectivity index (χ4v) is 2.81. The summed E-state index contributed by atoms with van der Waals surface area (Å²) in [6, 6.07) is 8.29. The van der Waals surface area contributed by atoms with Gasteiger partial charge in [0.15, 0.2) is 0 Å². The molecule has 82 valence electrons. The molecule has 16 heavy (non-hydrogen) atoms. The molecule has 1 heterocycles. The van der Waals surface area contributed by atoms with Crippen LogP contribution in [0.25, 0.3) is 11.1 Å². The molecule has 2 nitrogen and oxygen atoms in total. The zero-order valence-corrected chi connectivity index (χ0v) is 11.8. The van der Waals surface area contributed by atoms with Crippen LogP contribution in [0.1, 0.15) is 5.56 Å². The van der Waals surface area contributed by atoms with E-state index < -0.39 is 0 Å². The second-order valence-corrected chi connectivity index (χ2v) is 5.19. The van der Waals surface area contributed by atoms with Crippen molar-refractivity contribution < 1.29 is 0 Å². The Morgan fingerprint density at radius 1 is 1.12 bits per heavy atom. The molecule has 0 atom stereocenters. The van der Waals surface area contributed by atoms with Crippen LogP contribution in [0.5, 0.6) is 0 Å². The highest BCUT2D eigenvalue weighted by molar-refractivity contribution is 9.11. The summed E-state index contributed by atoms with van der Waals surface area (Å²) in [5, 5.41) is 0. The number of hydrogen-bond donors (Lipinski definition) is 1. The molecule has 0 aliphatic heterocycles. The largest absolute Gasteiger partial charge is 0.383 e. The lowest BCUT2D eigenvalue weighted by molar-refractivity contribution is 1.30. The fraction of sp³-hybridized carbons (Fsp3) is 0.0833. The third kappa shape index (κ3) is 2.13. The quantitative estimate of drug-likeness (QED) is 0.845. The van der Waals surface area contributed by atoms with Gasteiger partial charge < -0.3 is 5.73 Å². The molecule has 1 aromatic carbocycles. The SMILES string of the molecule is Cc1ccc(-c2c(Br)cnc(N)c2Br)cc1. The van der Waals surface area contributed by atoms with E-state index in [2.05, 4.69) is 68.0 Å². The molecule has 2 aromatic rings. The standard InChI is InChI=1S/C12H10Br2N2/c1-7-2-4-8(5-3-7)10-9(13)6-16-12(15)11(10)14/h2-6H,1H3,(H2,15,16). The van der Waals surface area contributed by atoms with Gasteiger partial charge in [0.25, 0.3) is 0 Å². The lowest BCUT2D eigenvalue weighted by atomic mass is 10.1. The summed E-state index contributed by atoms with van der Waals surface area (Å²) in [5.41, 5.74) is 9.16. The summed E-state index contributed by atoms with van der Waals surface area (Å²) in [6.45, 7) is 2.06. The second-order valence-electron chi connectivity index (χ2n) is 3.55. The number of nitrogens with zero attached hydrogens (tertiary/aromatic N) is 1. The lowest BCUT2D eigenvalue weighted by Gasteiger charge is -2.09. The van der Waals surface area contributed by atoms with Crippen LogP contribution >= 0.6 is 31.9 Å². The van der Waals surface area contributed by atoms with Gasteiger partial charge in [-0.15, -0.1) is 0 Å². The Morgan fingerprint density at radius 3 is 2.38 bits per heavy atom. The molecule has 0 bridgehead atoms. The summed E-state index contributed by atoms with van der Waals surface area (Å²) in [7, 11) is 0. The Morgan fingerprint density at radius 2 is 1.75 bits per heavy atom. The number of aromatic nitrogens is 1. The second kappa shape index (κ2) is 4.55. The number of nitrogen functional groups attached to an aromatic ring is 1. The molecule has 4 heteroatoms. The van der Waals surface area contributed by atoms with Crippen LogP contribution in [0.4, 0.5) is 5.82 Å². The summed E-state index contributed by atoms with van der Waals surface area (Å²) < 4.78 is 1.75. The van der Waals surface area contributed by atoms with E-state index in [1.54, 1.807) is 6.20 Å². The summed E-state index contributed by atoms with van der Waals surface area (Å²) in [5.74, 6) is 0.499. The number of rotatable bonds is 1. The highest BCUT2D eigenvalue weighted by Gasteiger charge is 2.11. The number of hydrogen-bond acceptors (Lipinski definition) is 2. The molecule has 0 amide bonds. The van der Waals surface area contributed by atoms with Crippen LogP contribution < -0.4 is 5.73 Å². The van der Waals surface area contributed by atoms with Crippen LogP contribution in [-0.2, 0) is 0 Å². The lowest BCUT2D eigenvalue weighted by Crippen LogP contribution is -1.94. The van der Waals surface area contributed by atoms with E-state index >= 15 is 0 Å². The average molecular weight is 342 g/mol. The maximum atomic E-state index is 5.78. The minimum absolute atomic E-state index is 0.499. The average Bonchev–Trinajstić information content (AvgIpc) is 2.27. The van der Waals surface area contributed by atoms with Gasteiger partial charge in [0.05, 0.1) is 4.47 Å². The van der Waals surface area contributed by atoms with Crippen molar-refractivity contribution in [3.05, 3.63) is 45.0 Å². The van der Waals surface area contributed by atoms with Gasteiger partial charge >= 0.3 is 0 Å². The van der Waals surface area contributed by atoms with Gasteiger partial charge in [-0.2, -0.15) is 0 Å². The normalized spacial score (nSPS) is 10.4. The smallest absolute Gasteiger partial charge is 0.138 e. The highest BCUT2D eigenvalue weighted by Crippen LogP contribution is 2.37. The minimum atomic E-state index is 0.499. The third-order valence-corrected chi connectivity index (χ3v) is 3.74. The zero-order valence-electron chi connectivity index (χ0n) is 8.67. The molecule has 2 rings (SSSR count). The first-order chi connectivity index (χ1) is 7.59. The van der Waals surface area contributed by atoms with E-state index in [0.29, 0.717) is 5.82 Å². The molecule has 0 saturated carbocycles. The molecule has 0 fully saturated rings. The van der Waals surface area contributed by atoms with Gasteiger partial charge in [0.2, 0.25) is 0 Å². The van der Waals surface area contributed by atoms with Gasteiger partial charge in [-0.25, -0.2) is 4.98 Å². The molecular weight excluding hydrogens is 332 g/mol. The van der Waals surface area contributed by atoms with Gasteiger partial charge in [-0.3, -0.25) is 0 Å². The Bertz CT molecular complexity index is 521. The van der Waals surface area contributed by atoms with E-state index in [-0.39, 0.29) is 0 Å². The minimum Gasteiger partial charge on any atom is -0.383 e. The van der Waals surface area contributed by atoms with Crippen molar-refractivity contribution in [2.75, 3.05) is 5.73 Å². The molecule has 0 unspecified atom stereocenters.